The SMILES string of the molecule is Cc1ccc(F)cc1C(NN)c1cccc(N(C)C)c1. The molecule has 0 spiro atoms. The summed E-state index contributed by atoms with van der Waals surface area (Å²) in [6.07, 6.45) is 0. The highest BCUT2D eigenvalue weighted by Crippen LogP contribution is 2.27. The molecule has 3 N–H and O–H groups in total. The number of aryl methyl sites for hydroxylation is 1. The van der Waals surface area contributed by atoms with Crippen molar-refractivity contribution in [1.82, 2.24) is 5.43 Å². The van der Waals surface area contributed by atoms with Gasteiger partial charge in [0, 0.05) is 19.8 Å². The molecule has 1 atom stereocenters. The molecule has 0 fully saturated rings. The molecule has 0 radical (unpaired) electrons. The molecule has 2 aromatic rings. The number of hydrogen-bond donors (Lipinski definition) is 2. The zero-order valence-electron chi connectivity index (χ0n) is 12.0. The number of benzene rings is 2. The van der Waals surface area contributed by atoms with Gasteiger partial charge in [0.1, 0.15) is 5.82 Å². The number of nitrogens with zero attached hydrogens (tertiary/aromatic N) is 1. The number of nitrogens with two attached hydrogens (primary N) is 1. The average molecular weight is 273 g/mol. The Balaban J connectivity index is 2.46. The van der Waals surface area contributed by atoms with Crippen molar-refractivity contribution in [2.75, 3.05) is 19.0 Å². The van der Waals surface area contributed by atoms with Crippen LogP contribution in [0.4, 0.5) is 10.1 Å². The van der Waals surface area contributed by atoms with E-state index in [1.54, 1.807) is 6.07 Å². The Kier molecular flexibility index (Phi) is 4.37. The minimum atomic E-state index is -0.255. The van der Waals surface area contributed by atoms with Crippen LogP contribution >= 0.6 is 0 Å². The predicted molar refractivity (Wildman–Crippen MR) is 81.1 cm³/mol. The van der Waals surface area contributed by atoms with Crippen molar-refractivity contribution in [2.24, 2.45) is 5.84 Å². The van der Waals surface area contributed by atoms with Crippen LogP contribution in [0.5, 0.6) is 0 Å². The Bertz CT molecular complexity index is 596. The van der Waals surface area contributed by atoms with Gasteiger partial charge in [-0.05, 0) is 47.9 Å². The lowest BCUT2D eigenvalue weighted by atomic mass is 9.95. The summed E-state index contributed by atoms with van der Waals surface area (Å²) >= 11 is 0. The smallest absolute Gasteiger partial charge is 0.123 e. The summed E-state index contributed by atoms with van der Waals surface area (Å²) in [5.41, 5.74) is 6.73. The van der Waals surface area contributed by atoms with Gasteiger partial charge in [0.25, 0.3) is 0 Å². The van der Waals surface area contributed by atoms with Crippen LogP contribution in [0.25, 0.3) is 0 Å². The van der Waals surface area contributed by atoms with Crippen LogP contribution in [-0.2, 0) is 0 Å². The van der Waals surface area contributed by atoms with Crippen molar-refractivity contribution in [3.05, 3.63) is 65.0 Å². The van der Waals surface area contributed by atoms with E-state index in [1.807, 2.05) is 44.1 Å². The molecular weight excluding hydrogens is 253 g/mol. The second kappa shape index (κ2) is 6.03. The molecule has 0 aromatic heterocycles. The van der Waals surface area contributed by atoms with E-state index in [0.29, 0.717) is 0 Å². The van der Waals surface area contributed by atoms with Crippen LogP contribution in [0, 0.1) is 12.7 Å². The predicted octanol–water partition coefficient (Wildman–Crippen LogP) is 2.75. The standard InChI is InChI=1S/C16H20FN3/c1-11-7-8-13(17)10-15(11)16(19-18)12-5-4-6-14(9-12)20(2)3/h4-10,16,19H,18H2,1-3H3. The van der Waals surface area contributed by atoms with Gasteiger partial charge in [-0.15, -0.1) is 0 Å². The molecule has 0 heterocycles. The Morgan fingerprint density at radius 1 is 1.15 bits per heavy atom. The largest absolute Gasteiger partial charge is 0.378 e. The zero-order valence-corrected chi connectivity index (χ0v) is 12.0. The van der Waals surface area contributed by atoms with Crippen LogP contribution in [0.2, 0.25) is 0 Å². The van der Waals surface area contributed by atoms with Gasteiger partial charge in [-0.3, -0.25) is 5.84 Å². The van der Waals surface area contributed by atoms with E-state index < -0.39 is 0 Å². The normalized spacial score (nSPS) is 12.2. The summed E-state index contributed by atoms with van der Waals surface area (Å²) in [4.78, 5) is 2.02. The second-order valence-corrected chi connectivity index (χ2v) is 5.09. The second-order valence-electron chi connectivity index (χ2n) is 5.09. The Morgan fingerprint density at radius 3 is 2.55 bits per heavy atom. The summed E-state index contributed by atoms with van der Waals surface area (Å²) in [6.45, 7) is 1.95. The first-order valence-electron chi connectivity index (χ1n) is 6.52. The lowest BCUT2D eigenvalue weighted by Gasteiger charge is -2.21. The highest BCUT2D eigenvalue weighted by molar-refractivity contribution is 5.50. The quantitative estimate of drug-likeness (QED) is 0.665. The fourth-order valence-electron chi connectivity index (χ4n) is 2.27. The molecular formula is C16H20FN3. The fraction of sp³-hybridized carbons (Fsp3) is 0.250. The number of anilines is 1. The summed E-state index contributed by atoms with van der Waals surface area (Å²) < 4.78 is 13.5. The first kappa shape index (κ1) is 14.5. The van der Waals surface area contributed by atoms with Gasteiger partial charge in [0.2, 0.25) is 0 Å². The summed E-state index contributed by atoms with van der Waals surface area (Å²) in [7, 11) is 3.97. The highest BCUT2D eigenvalue weighted by Gasteiger charge is 2.16. The van der Waals surface area contributed by atoms with Gasteiger partial charge >= 0.3 is 0 Å². The van der Waals surface area contributed by atoms with E-state index in [2.05, 4.69) is 11.5 Å². The van der Waals surface area contributed by atoms with E-state index in [4.69, 9.17) is 5.84 Å². The Labute approximate surface area is 119 Å². The third-order valence-corrected chi connectivity index (χ3v) is 3.44. The Hall–Kier alpha value is -1.91. The maximum Gasteiger partial charge on any atom is 0.123 e. The first-order valence-corrected chi connectivity index (χ1v) is 6.52. The molecule has 0 saturated carbocycles. The monoisotopic (exact) mass is 273 g/mol. The minimum Gasteiger partial charge on any atom is -0.378 e. The van der Waals surface area contributed by atoms with Crippen molar-refractivity contribution in [2.45, 2.75) is 13.0 Å². The summed E-state index contributed by atoms with van der Waals surface area (Å²) in [5.74, 6) is 5.44. The zero-order chi connectivity index (χ0) is 14.7. The van der Waals surface area contributed by atoms with Gasteiger partial charge in [0.05, 0.1) is 6.04 Å². The molecule has 0 aliphatic carbocycles. The maximum absolute atomic E-state index is 13.5. The van der Waals surface area contributed by atoms with Crippen LogP contribution in [0.15, 0.2) is 42.5 Å². The molecule has 20 heavy (non-hydrogen) atoms. The topological polar surface area (TPSA) is 41.3 Å². The minimum absolute atomic E-state index is 0.231. The molecule has 3 nitrogen and oxygen atoms in total. The van der Waals surface area contributed by atoms with E-state index >= 15 is 0 Å². The fourth-order valence-corrected chi connectivity index (χ4v) is 2.27. The van der Waals surface area contributed by atoms with E-state index in [0.717, 1.165) is 22.4 Å². The van der Waals surface area contributed by atoms with E-state index in [9.17, 15) is 4.39 Å². The first-order chi connectivity index (χ1) is 9.52. The van der Waals surface area contributed by atoms with Crippen molar-refractivity contribution < 1.29 is 4.39 Å². The summed E-state index contributed by atoms with van der Waals surface area (Å²) in [5, 5.41) is 0. The van der Waals surface area contributed by atoms with Gasteiger partial charge in [-0.25, -0.2) is 9.82 Å². The molecule has 2 aromatic carbocycles. The van der Waals surface area contributed by atoms with E-state index in [1.165, 1.54) is 12.1 Å². The molecule has 0 aliphatic rings. The van der Waals surface area contributed by atoms with Crippen LogP contribution < -0.4 is 16.2 Å². The highest BCUT2D eigenvalue weighted by atomic mass is 19.1. The molecule has 4 heteroatoms. The lowest BCUT2D eigenvalue weighted by Crippen LogP contribution is -2.29. The van der Waals surface area contributed by atoms with Crippen molar-refractivity contribution in [3.8, 4) is 0 Å². The summed E-state index contributed by atoms with van der Waals surface area (Å²) in [6, 6.07) is 12.6. The third-order valence-electron chi connectivity index (χ3n) is 3.44. The third kappa shape index (κ3) is 2.98. The van der Waals surface area contributed by atoms with Crippen LogP contribution in [0.3, 0.4) is 0 Å². The molecule has 1 unspecified atom stereocenters. The van der Waals surface area contributed by atoms with Crippen molar-refractivity contribution in [1.29, 1.82) is 0 Å². The number of nitrogens with one attached hydrogen (secondary N) is 1. The van der Waals surface area contributed by atoms with Crippen LogP contribution in [-0.4, -0.2) is 14.1 Å². The molecule has 106 valence electrons. The van der Waals surface area contributed by atoms with Gasteiger partial charge in [-0.1, -0.05) is 18.2 Å². The van der Waals surface area contributed by atoms with E-state index in [-0.39, 0.29) is 11.9 Å². The molecule has 2 rings (SSSR count). The van der Waals surface area contributed by atoms with Crippen molar-refractivity contribution >= 4 is 5.69 Å². The molecule has 0 amide bonds. The van der Waals surface area contributed by atoms with Crippen LogP contribution in [0.1, 0.15) is 22.7 Å². The van der Waals surface area contributed by atoms with Crippen molar-refractivity contribution in [3.63, 3.8) is 0 Å². The molecule has 0 bridgehead atoms. The van der Waals surface area contributed by atoms with Gasteiger partial charge < -0.3 is 4.90 Å². The van der Waals surface area contributed by atoms with Gasteiger partial charge in [0.15, 0.2) is 0 Å². The van der Waals surface area contributed by atoms with Gasteiger partial charge in [-0.2, -0.15) is 0 Å². The number of rotatable bonds is 4. The molecule has 0 aliphatic heterocycles. The number of halogens is 1. The average Bonchev–Trinajstić information content (AvgIpc) is 2.44. The number of hydrogen-bond acceptors (Lipinski definition) is 3. The lowest BCUT2D eigenvalue weighted by molar-refractivity contribution is 0.603. The number of hydrazine groups is 1. The molecule has 0 saturated heterocycles. The maximum atomic E-state index is 13.5. The Morgan fingerprint density at radius 2 is 1.90 bits per heavy atom.